The van der Waals surface area contributed by atoms with Crippen LogP contribution in [0, 0.1) is 0 Å². The molecule has 0 aromatic heterocycles. The Morgan fingerprint density at radius 3 is 2.32 bits per heavy atom. The molecule has 2 rings (SSSR count). The van der Waals surface area contributed by atoms with Crippen molar-refractivity contribution in [2.45, 2.75) is 24.2 Å². The van der Waals surface area contributed by atoms with Crippen molar-refractivity contribution in [2.24, 2.45) is 0 Å². The second-order valence-corrected chi connectivity index (χ2v) is 7.24. The van der Waals surface area contributed by atoms with Gasteiger partial charge in [-0.1, -0.05) is 42.5 Å². The molecule has 0 atom stereocenters. The summed E-state index contributed by atoms with van der Waals surface area (Å²) in [6.07, 6.45) is 1.10. The second kappa shape index (κ2) is 7.22. The summed E-state index contributed by atoms with van der Waals surface area (Å²) in [5.74, 6) is -0.788. The molecule has 0 aliphatic carbocycles. The first-order valence-corrected chi connectivity index (χ1v) is 8.70. The summed E-state index contributed by atoms with van der Waals surface area (Å²) in [5.41, 5.74) is 1.69. The SMILES string of the molecule is O=C(O)Cc1cccc(CCCS(=O)(=O)c2ccccc2)c1. The minimum Gasteiger partial charge on any atom is -0.481 e. The van der Waals surface area contributed by atoms with Crippen LogP contribution in [0.3, 0.4) is 0 Å². The van der Waals surface area contributed by atoms with E-state index in [9.17, 15) is 13.2 Å². The van der Waals surface area contributed by atoms with Crippen molar-refractivity contribution >= 4 is 15.8 Å². The maximum absolute atomic E-state index is 12.2. The van der Waals surface area contributed by atoms with Gasteiger partial charge in [0.15, 0.2) is 9.84 Å². The van der Waals surface area contributed by atoms with E-state index in [-0.39, 0.29) is 12.2 Å². The molecule has 0 aliphatic rings. The summed E-state index contributed by atoms with van der Waals surface area (Å²) >= 11 is 0. The zero-order chi connectivity index (χ0) is 16.0. The minimum absolute atomic E-state index is 0.0177. The Balaban J connectivity index is 1.95. The lowest BCUT2D eigenvalue weighted by Crippen LogP contribution is -2.07. The normalized spacial score (nSPS) is 11.3. The van der Waals surface area contributed by atoms with Crippen LogP contribution in [-0.4, -0.2) is 25.2 Å². The number of aryl methyl sites for hydroxylation is 1. The number of benzene rings is 2. The molecule has 0 radical (unpaired) electrons. The lowest BCUT2D eigenvalue weighted by molar-refractivity contribution is -0.136. The van der Waals surface area contributed by atoms with Crippen LogP contribution in [-0.2, 0) is 27.5 Å². The van der Waals surface area contributed by atoms with Crippen molar-refractivity contribution in [1.29, 1.82) is 0 Å². The molecule has 0 heterocycles. The van der Waals surface area contributed by atoms with Crippen LogP contribution in [0.1, 0.15) is 17.5 Å². The smallest absolute Gasteiger partial charge is 0.307 e. The van der Waals surface area contributed by atoms with Crippen LogP contribution in [0.25, 0.3) is 0 Å². The first-order chi connectivity index (χ1) is 10.5. The van der Waals surface area contributed by atoms with E-state index in [1.54, 1.807) is 42.5 Å². The Morgan fingerprint density at radius 2 is 1.64 bits per heavy atom. The maximum Gasteiger partial charge on any atom is 0.307 e. The Hall–Kier alpha value is -2.14. The number of rotatable bonds is 7. The highest BCUT2D eigenvalue weighted by molar-refractivity contribution is 7.91. The van der Waals surface area contributed by atoms with E-state index in [1.165, 1.54) is 0 Å². The van der Waals surface area contributed by atoms with Crippen LogP contribution in [0.15, 0.2) is 59.5 Å². The number of hydrogen-bond acceptors (Lipinski definition) is 3. The highest BCUT2D eigenvalue weighted by Crippen LogP contribution is 2.14. The highest BCUT2D eigenvalue weighted by atomic mass is 32.2. The first kappa shape index (κ1) is 16.2. The number of hydrogen-bond donors (Lipinski definition) is 1. The summed E-state index contributed by atoms with van der Waals surface area (Å²) in [5, 5.41) is 8.79. The third kappa shape index (κ3) is 4.70. The average molecular weight is 318 g/mol. The maximum atomic E-state index is 12.2. The quantitative estimate of drug-likeness (QED) is 0.852. The van der Waals surface area contributed by atoms with Crippen LogP contribution in [0.5, 0.6) is 0 Å². The van der Waals surface area contributed by atoms with Gasteiger partial charge in [-0.2, -0.15) is 0 Å². The minimum atomic E-state index is -3.25. The zero-order valence-electron chi connectivity index (χ0n) is 12.1. The van der Waals surface area contributed by atoms with Crippen molar-refractivity contribution < 1.29 is 18.3 Å². The number of carboxylic acids is 1. The van der Waals surface area contributed by atoms with Crippen molar-refractivity contribution in [3.05, 3.63) is 65.7 Å². The van der Waals surface area contributed by atoms with Crippen molar-refractivity contribution in [3.8, 4) is 0 Å². The molecule has 0 spiro atoms. The molecular weight excluding hydrogens is 300 g/mol. The van der Waals surface area contributed by atoms with Gasteiger partial charge in [0.25, 0.3) is 0 Å². The topological polar surface area (TPSA) is 71.4 Å². The largest absolute Gasteiger partial charge is 0.481 e. The molecular formula is C17H18O4S. The zero-order valence-corrected chi connectivity index (χ0v) is 12.9. The summed E-state index contributed by atoms with van der Waals surface area (Å²) < 4.78 is 24.3. The number of aliphatic carboxylic acids is 1. The molecule has 0 aliphatic heterocycles. The van der Waals surface area contributed by atoms with Crippen molar-refractivity contribution in [3.63, 3.8) is 0 Å². The van der Waals surface area contributed by atoms with Gasteiger partial charge in [0.2, 0.25) is 0 Å². The molecule has 5 heteroatoms. The molecule has 0 bridgehead atoms. The molecule has 0 fully saturated rings. The Labute approximate surface area is 130 Å². The number of carboxylic acid groups (broad SMARTS) is 1. The van der Waals surface area contributed by atoms with Gasteiger partial charge in [0.05, 0.1) is 17.1 Å². The predicted octanol–water partition coefficient (Wildman–Crippen LogP) is 2.72. The van der Waals surface area contributed by atoms with E-state index >= 15 is 0 Å². The third-order valence-corrected chi connectivity index (χ3v) is 5.14. The first-order valence-electron chi connectivity index (χ1n) is 7.05. The molecule has 0 saturated heterocycles. The van der Waals surface area contributed by atoms with E-state index in [0.29, 0.717) is 17.7 Å². The van der Waals surface area contributed by atoms with Crippen molar-refractivity contribution in [2.75, 3.05) is 5.75 Å². The third-order valence-electron chi connectivity index (χ3n) is 3.33. The lowest BCUT2D eigenvalue weighted by Gasteiger charge is -2.06. The van der Waals surface area contributed by atoms with E-state index in [1.807, 2.05) is 12.1 Å². The second-order valence-electron chi connectivity index (χ2n) is 5.13. The number of sulfone groups is 1. The molecule has 22 heavy (non-hydrogen) atoms. The Kier molecular flexibility index (Phi) is 5.33. The van der Waals surface area contributed by atoms with E-state index in [2.05, 4.69) is 0 Å². The summed E-state index contributed by atoms with van der Waals surface area (Å²) in [6.45, 7) is 0. The molecule has 0 unspecified atom stereocenters. The fourth-order valence-corrected chi connectivity index (χ4v) is 3.61. The average Bonchev–Trinajstić information content (AvgIpc) is 2.48. The van der Waals surface area contributed by atoms with Crippen LogP contribution < -0.4 is 0 Å². The predicted molar refractivity (Wildman–Crippen MR) is 84.6 cm³/mol. The Bertz CT molecular complexity index is 736. The van der Waals surface area contributed by atoms with Crippen LogP contribution in [0.2, 0.25) is 0 Å². The summed E-state index contributed by atoms with van der Waals surface area (Å²) in [7, 11) is -3.25. The Morgan fingerprint density at radius 1 is 0.955 bits per heavy atom. The molecule has 0 amide bonds. The van der Waals surface area contributed by atoms with Crippen molar-refractivity contribution in [1.82, 2.24) is 0 Å². The van der Waals surface area contributed by atoms with Gasteiger partial charge in [-0.3, -0.25) is 4.79 Å². The monoisotopic (exact) mass is 318 g/mol. The van der Waals surface area contributed by atoms with Gasteiger partial charge in [-0.05, 0) is 36.1 Å². The summed E-state index contributed by atoms with van der Waals surface area (Å²) in [6, 6.07) is 15.7. The van der Waals surface area contributed by atoms with E-state index < -0.39 is 15.8 Å². The van der Waals surface area contributed by atoms with Gasteiger partial charge in [-0.25, -0.2) is 8.42 Å². The number of carbonyl (C=O) groups is 1. The molecule has 2 aromatic rings. The van der Waals surface area contributed by atoms with Gasteiger partial charge in [0.1, 0.15) is 0 Å². The van der Waals surface area contributed by atoms with Crippen LogP contribution >= 0.6 is 0 Å². The van der Waals surface area contributed by atoms with Gasteiger partial charge in [-0.15, -0.1) is 0 Å². The van der Waals surface area contributed by atoms with Crippen LogP contribution in [0.4, 0.5) is 0 Å². The van der Waals surface area contributed by atoms with E-state index in [4.69, 9.17) is 5.11 Å². The molecule has 4 nitrogen and oxygen atoms in total. The molecule has 0 saturated carbocycles. The summed E-state index contributed by atoms with van der Waals surface area (Å²) in [4.78, 5) is 11.0. The lowest BCUT2D eigenvalue weighted by atomic mass is 10.1. The van der Waals surface area contributed by atoms with Gasteiger partial charge >= 0.3 is 5.97 Å². The molecule has 2 aromatic carbocycles. The van der Waals surface area contributed by atoms with E-state index in [0.717, 1.165) is 11.1 Å². The van der Waals surface area contributed by atoms with Gasteiger partial charge in [0, 0.05) is 0 Å². The fraction of sp³-hybridized carbons (Fsp3) is 0.235. The molecule has 116 valence electrons. The van der Waals surface area contributed by atoms with Gasteiger partial charge < -0.3 is 5.11 Å². The molecule has 1 N–H and O–H groups in total. The fourth-order valence-electron chi connectivity index (χ4n) is 2.28. The standard InChI is InChI=1S/C17H18O4S/c18-17(19)13-15-7-4-6-14(12-15)8-5-11-22(20,21)16-9-2-1-3-10-16/h1-4,6-7,9-10,12H,5,8,11,13H2,(H,18,19). The highest BCUT2D eigenvalue weighted by Gasteiger charge is 2.13.